The number of benzene rings is 1. The second-order valence-corrected chi connectivity index (χ2v) is 8.70. The Morgan fingerprint density at radius 3 is 2.22 bits per heavy atom. The summed E-state index contributed by atoms with van der Waals surface area (Å²) in [5.74, 6) is -1.07. The third-order valence-corrected chi connectivity index (χ3v) is 4.05. The zero-order valence-electron chi connectivity index (χ0n) is 14.3. The van der Waals surface area contributed by atoms with Gasteiger partial charge in [0.1, 0.15) is 11.6 Å². The van der Waals surface area contributed by atoms with E-state index in [0.29, 0.717) is 0 Å². The second-order valence-electron chi connectivity index (χ2n) is 6.92. The fraction of sp³-hybridized carbons (Fsp3) is 0.529. The highest BCUT2D eigenvalue weighted by molar-refractivity contribution is 8.00. The molecule has 0 aliphatic carbocycles. The van der Waals surface area contributed by atoms with Crippen molar-refractivity contribution in [2.45, 2.75) is 62.3 Å². The Labute approximate surface area is 141 Å². The van der Waals surface area contributed by atoms with Crippen LogP contribution in [0, 0.1) is 0 Å². The molecule has 0 saturated carbocycles. The van der Waals surface area contributed by atoms with Gasteiger partial charge in [-0.2, -0.15) is 0 Å². The number of carboxylic acids is 1. The first-order valence-corrected chi connectivity index (χ1v) is 8.26. The molecule has 23 heavy (non-hydrogen) atoms. The number of ether oxygens (including phenoxy) is 1. The third-order valence-electron chi connectivity index (χ3n) is 2.82. The van der Waals surface area contributed by atoms with Gasteiger partial charge < -0.3 is 15.2 Å². The standard InChI is InChI=1S/C17H25NO4S/c1-16(2,3)22-15(21)18-13(14(19)20)11-17(4,5)23-12-9-7-6-8-10-12/h6-10,13H,11H2,1-5H3,(H,18,21)(H,19,20)/t13-/m0/s1. The molecule has 0 aliphatic rings. The summed E-state index contributed by atoms with van der Waals surface area (Å²) in [6, 6.07) is 8.75. The lowest BCUT2D eigenvalue weighted by molar-refractivity contribution is -0.139. The number of thioether (sulfide) groups is 1. The maximum Gasteiger partial charge on any atom is 0.408 e. The Bertz CT molecular complexity index is 537. The van der Waals surface area contributed by atoms with Gasteiger partial charge in [0.2, 0.25) is 0 Å². The molecule has 0 unspecified atom stereocenters. The van der Waals surface area contributed by atoms with E-state index in [-0.39, 0.29) is 11.2 Å². The number of alkyl carbamates (subject to hydrolysis) is 1. The molecule has 1 aromatic carbocycles. The number of rotatable bonds is 6. The van der Waals surface area contributed by atoms with Crippen LogP contribution in [0.2, 0.25) is 0 Å². The highest BCUT2D eigenvalue weighted by Crippen LogP contribution is 2.35. The van der Waals surface area contributed by atoms with Gasteiger partial charge in [-0.05, 0) is 39.3 Å². The monoisotopic (exact) mass is 339 g/mol. The highest BCUT2D eigenvalue weighted by Gasteiger charge is 2.31. The van der Waals surface area contributed by atoms with Crippen LogP contribution in [0.15, 0.2) is 35.2 Å². The van der Waals surface area contributed by atoms with Crippen LogP contribution < -0.4 is 5.32 Å². The fourth-order valence-corrected chi connectivity index (χ4v) is 3.17. The molecule has 0 radical (unpaired) electrons. The second kappa shape index (κ2) is 7.73. The first-order chi connectivity index (χ1) is 10.5. The Morgan fingerprint density at radius 2 is 1.74 bits per heavy atom. The number of amides is 1. The molecular weight excluding hydrogens is 314 g/mol. The van der Waals surface area contributed by atoms with Crippen LogP contribution in [0.4, 0.5) is 4.79 Å². The van der Waals surface area contributed by atoms with E-state index in [1.807, 2.05) is 44.2 Å². The molecule has 128 valence electrons. The highest BCUT2D eigenvalue weighted by atomic mass is 32.2. The third kappa shape index (κ3) is 7.93. The van der Waals surface area contributed by atoms with E-state index in [1.165, 1.54) is 0 Å². The van der Waals surface area contributed by atoms with E-state index in [4.69, 9.17) is 4.74 Å². The molecule has 0 fully saturated rings. The number of aliphatic carboxylic acids is 1. The number of hydrogen-bond acceptors (Lipinski definition) is 4. The van der Waals surface area contributed by atoms with Crippen molar-refractivity contribution in [2.24, 2.45) is 0 Å². The minimum atomic E-state index is -1.07. The van der Waals surface area contributed by atoms with Gasteiger partial charge in [-0.15, -0.1) is 11.8 Å². The smallest absolute Gasteiger partial charge is 0.408 e. The molecule has 6 heteroatoms. The van der Waals surface area contributed by atoms with Crippen molar-refractivity contribution in [3.63, 3.8) is 0 Å². The Kier molecular flexibility index (Phi) is 6.50. The zero-order valence-corrected chi connectivity index (χ0v) is 15.1. The lowest BCUT2D eigenvalue weighted by atomic mass is 10.0. The molecule has 2 N–H and O–H groups in total. The first-order valence-electron chi connectivity index (χ1n) is 7.45. The molecule has 0 aromatic heterocycles. The van der Waals surface area contributed by atoms with Crippen molar-refractivity contribution in [1.29, 1.82) is 0 Å². The van der Waals surface area contributed by atoms with Crippen molar-refractivity contribution < 1.29 is 19.4 Å². The SMILES string of the molecule is CC(C)(C)OC(=O)N[C@@H](CC(C)(C)Sc1ccccc1)C(=O)O. The normalized spacial score (nSPS) is 13.3. The number of hydrogen-bond donors (Lipinski definition) is 2. The summed E-state index contributed by atoms with van der Waals surface area (Å²) in [5.41, 5.74) is -0.665. The molecule has 1 rings (SSSR count). The molecule has 1 atom stereocenters. The Hall–Kier alpha value is -1.69. The zero-order chi connectivity index (χ0) is 17.7. The molecule has 0 heterocycles. The quantitative estimate of drug-likeness (QED) is 0.768. The number of nitrogens with one attached hydrogen (secondary N) is 1. The predicted molar refractivity (Wildman–Crippen MR) is 91.8 cm³/mol. The Morgan fingerprint density at radius 1 is 1.17 bits per heavy atom. The van der Waals surface area contributed by atoms with E-state index in [0.717, 1.165) is 4.90 Å². The molecule has 1 aromatic rings. The van der Waals surface area contributed by atoms with Gasteiger partial charge >= 0.3 is 12.1 Å². The van der Waals surface area contributed by atoms with E-state index in [2.05, 4.69) is 5.32 Å². The average Bonchev–Trinajstić information content (AvgIpc) is 2.35. The molecule has 0 saturated heterocycles. The summed E-state index contributed by atoms with van der Waals surface area (Å²) in [4.78, 5) is 24.3. The van der Waals surface area contributed by atoms with E-state index in [9.17, 15) is 14.7 Å². The minimum absolute atomic E-state index is 0.279. The van der Waals surface area contributed by atoms with Crippen LogP contribution in [0.1, 0.15) is 41.0 Å². The fourth-order valence-electron chi connectivity index (χ4n) is 1.99. The van der Waals surface area contributed by atoms with Gasteiger partial charge in [0.25, 0.3) is 0 Å². The van der Waals surface area contributed by atoms with Crippen molar-refractivity contribution in [3.05, 3.63) is 30.3 Å². The number of carbonyl (C=O) groups is 2. The van der Waals surface area contributed by atoms with Gasteiger partial charge in [0, 0.05) is 9.64 Å². The van der Waals surface area contributed by atoms with Gasteiger partial charge in [0.15, 0.2) is 0 Å². The van der Waals surface area contributed by atoms with E-state index >= 15 is 0 Å². The van der Waals surface area contributed by atoms with Crippen LogP contribution in [-0.4, -0.2) is 33.6 Å². The van der Waals surface area contributed by atoms with Gasteiger partial charge in [-0.3, -0.25) is 0 Å². The van der Waals surface area contributed by atoms with E-state index < -0.39 is 23.7 Å². The van der Waals surface area contributed by atoms with Gasteiger partial charge in [-0.1, -0.05) is 32.0 Å². The van der Waals surface area contributed by atoms with Crippen LogP contribution in [0.5, 0.6) is 0 Å². The summed E-state index contributed by atoms with van der Waals surface area (Å²) in [7, 11) is 0. The lowest BCUT2D eigenvalue weighted by Crippen LogP contribution is -2.46. The Balaban J connectivity index is 2.71. The van der Waals surface area contributed by atoms with Crippen LogP contribution in [0.3, 0.4) is 0 Å². The summed E-state index contributed by atoms with van der Waals surface area (Å²) in [5, 5.41) is 11.8. The summed E-state index contributed by atoms with van der Waals surface area (Å²) in [6.07, 6.45) is -0.438. The summed E-state index contributed by atoms with van der Waals surface area (Å²) in [6.45, 7) is 9.11. The maximum atomic E-state index is 11.8. The maximum absolute atomic E-state index is 11.8. The lowest BCUT2D eigenvalue weighted by Gasteiger charge is -2.28. The van der Waals surface area contributed by atoms with E-state index in [1.54, 1.807) is 32.5 Å². The largest absolute Gasteiger partial charge is 0.480 e. The van der Waals surface area contributed by atoms with Gasteiger partial charge in [0.05, 0.1) is 0 Å². The molecule has 0 spiro atoms. The van der Waals surface area contributed by atoms with Crippen molar-refractivity contribution in [3.8, 4) is 0 Å². The average molecular weight is 339 g/mol. The molecule has 5 nitrogen and oxygen atoms in total. The number of carboxylic acid groups (broad SMARTS) is 1. The topological polar surface area (TPSA) is 75.6 Å². The van der Waals surface area contributed by atoms with Crippen LogP contribution in [-0.2, 0) is 9.53 Å². The van der Waals surface area contributed by atoms with Gasteiger partial charge in [-0.25, -0.2) is 9.59 Å². The minimum Gasteiger partial charge on any atom is -0.480 e. The van der Waals surface area contributed by atoms with Crippen LogP contribution in [0.25, 0.3) is 0 Å². The molecular formula is C17H25NO4S. The first kappa shape index (κ1) is 19.4. The molecule has 0 aliphatic heterocycles. The molecule has 1 amide bonds. The van der Waals surface area contributed by atoms with Crippen molar-refractivity contribution in [1.82, 2.24) is 5.32 Å². The molecule has 0 bridgehead atoms. The summed E-state index contributed by atoms with van der Waals surface area (Å²) < 4.78 is 4.77. The van der Waals surface area contributed by atoms with Crippen molar-refractivity contribution in [2.75, 3.05) is 0 Å². The predicted octanol–water partition coefficient (Wildman–Crippen LogP) is 3.93. The van der Waals surface area contributed by atoms with Crippen molar-refractivity contribution >= 4 is 23.8 Å². The summed E-state index contributed by atoms with van der Waals surface area (Å²) >= 11 is 1.58. The number of carbonyl (C=O) groups excluding carboxylic acids is 1. The van der Waals surface area contributed by atoms with Crippen LogP contribution >= 0.6 is 11.8 Å².